The van der Waals surface area contributed by atoms with Gasteiger partial charge in [-0.3, -0.25) is 10.1 Å². The van der Waals surface area contributed by atoms with Crippen molar-refractivity contribution in [3.05, 3.63) is 87.2 Å². The van der Waals surface area contributed by atoms with Crippen LogP contribution < -0.4 is 0 Å². The number of hydrogen-bond acceptors (Lipinski definition) is 2. The fourth-order valence-electron chi connectivity index (χ4n) is 3.02. The molecule has 22 heavy (non-hydrogen) atoms. The predicted octanol–water partition coefficient (Wildman–Crippen LogP) is 3.96. The maximum atomic E-state index is 11.2. The Labute approximate surface area is 129 Å². The Hall–Kier alpha value is -2.62. The second-order valence-corrected chi connectivity index (χ2v) is 5.69. The Kier molecular flexibility index (Phi) is 3.67. The minimum Gasteiger partial charge on any atom is -0.320 e. The third kappa shape index (κ3) is 2.60. The first kappa shape index (κ1) is 14.3. The number of nitrogens with zero attached hydrogens (tertiary/aromatic N) is 2. The lowest BCUT2D eigenvalue weighted by Gasteiger charge is -2.16. The summed E-state index contributed by atoms with van der Waals surface area (Å²) in [4.78, 5) is 11.0. The summed E-state index contributed by atoms with van der Waals surface area (Å²) < 4.78 is 2.06. The molecular formula is C18H18N2O2. The molecule has 2 heterocycles. The zero-order valence-electron chi connectivity index (χ0n) is 12.7. The minimum absolute atomic E-state index is 0.106. The van der Waals surface area contributed by atoms with E-state index in [1.54, 1.807) is 0 Å². The Balaban J connectivity index is 2.17. The molecule has 0 bridgehead atoms. The molecule has 0 aliphatic rings. The van der Waals surface area contributed by atoms with Gasteiger partial charge in [-0.1, -0.05) is 35.9 Å². The highest BCUT2D eigenvalue weighted by molar-refractivity contribution is 5.55. The third-order valence-electron chi connectivity index (χ3n) is 4.06. The summed E-state index contributed by atoms with van der Waals surface area (Å²) in [5.74, 6) is -0.250. The van der Waals surface area contributed by atoms with E-state index in [1.807, 2.05) is 62.5 Å². The van der Waals surface area contributed by atoms with Crippen LogP contribution in [0, 0.1) is 24.0 Å². The maximum Gasteiger partial charge on any atom is 0.216 e. The number of fused-ring (bicyclic) bond motifs is 1. The number of benzene rings is 1. The van der Waals surface area contributed by atoms with E-state index < -0.39 is 0 Å². The van der Waals surface area contributed by atoms with E-state index >= 15 is 0 Å². The number of aromatic nitrogens is 1. The number of aryl methyl sites for hydroxylation is 2. The van der Waals surface area contributed by atoms with E-state index in [9.17, 15) is 10.1 Å². The number of rotatable bonds is 4. The van der Waals surface area contributed by atoms with Crippen molar-refractivity contribution in [2.45, 2.75) is 19.8 Å². The monoisotopic (exact) mass is 294 g/mol. The number of hydrogen-bond donors (Lipinski definition) is 0. The highest BCUT2D eigenvalue weighted by atomic mass is 16.6. The van der Waals surface area contributed by atoms with Crippen LogP contribution in [0.4, 0.5) is 0 Å². The van der Waals surface area contributed by atoms with Crippen LogP contribution in [0.2, 0.25) is 0 Å². The second kappa shape index (κ2) is 5.64. The van der Waals surface area contributed by atoms with Crippen LogP contribution in [-0.2, 0) is 0 Å². The quantitative estimate of drug-likeness (QED) is 0.540. The molecule has 2 aromatic heterocycles. The van der Waals surface area contributed by atoms with Crippen LogP contribution in [0.25, 0.3) is 5.52 Å². The van der Waals surface area contributed by atoms with Crippen molar-refractivity contribution in [3.8, 4) is 0 Å². The zero-order chi connectivity index (χ0) is 15.7. The van der Waals surface area contributed by atoms with Crippen LogP contribution in [-0.4, -0.2) is 15.9 Å². The molecule has 0 N–H and O–H groups in total. The summed E-state index contributed by atoms with van der Waals surface area (Å²) in [5, 5.41) is 11.2. The van der Waals surface area contributed by atoms with Crippen molar-refractivity contribution in [2.75, 3.05) is 6.54 Å². The molecule has 0 saturated heterocycles. The zero-order valence-corrected chi connectivity index (χ0v) is 12.7. The minimum atomic E-state index is -0.250. The summed E-state index contributed by atoms with van der Waals surface area (Å²) >= 11 is 0. The Morgan fingerprint density at radius 2 is 1.86 bits per heavy atom. The standard InChI is InChI=1S/C18H18N2O2/c1-13-6-8-15(9-7-13)17(12-20(21)22)18-14(2)11-16-5-3-4-10-19(16)18/h3-11,17H,12H2,1-2H3/t17-/m0/s1. The van der Waals surface area contributed by atoms with Crippen molar-refractivity contribution >= 4 is 5.52 Å². The lowest BCUT2D eigenvalue weighted by molar-refractivity contribution is -0.482. The van der Waals surface area contributed by atoms with Crippen molar-refractivity contribution < 1.29 is 4.92 Å². The van der Waals surface area contributed by atoms with Crippen molar-refractivity contribution in [1.29, 1.82) is 0 Å². The van der Waals surface area contributed by atoms with Crippen LogP contribution in [0.1, 0.15) is 28.3 Å². The van der Waals surface area contributed by atoms with Crippen LogP contribution in [0.5, 0.6) is 0 Å². The van der Waals surface area contributed by atoms with Gasteiger partial charge in [-0.2, -0.15) is 0 Å². The van der Waals surface area contributed by atoms with E-state index in [0.717, 1.165) is 27.9 Å². The van der Waals surface area contributed by atoms with Crippen LogP contribution >= 0.6 is 0 Å². The van der Waals surface area contributed by atoms with E-state index in [-0.39, 0.29) is 17.4 Å². The summed E-state index contributed by atoms with van der Waals surface area (Å²) in [6.45, 7) is 3.93. The molecule has 3 rings (SSSR count). The summed E-state index contributed by atoms with van der Waals surface area (Å²) in [6.07, 6.45) is 1.97. The molecule has 1 aromatic carbocycles. The van der Waals surface area contributed by atoms with Gasteiger partial charge >= 0.3 is 0 Å². The van der Waals surface area contributed by atoms with Gasteiger partial charge < -0.3 is 4.40 Å². The Bertz CT molecular complexity index is 819. The molecule has 0 amide bonds. The molecule has 0 saturated carbocycles. The van der Waals surface area contributed by atoms with Gasteiger partial charge in [0.1, 0.15) is 0 Å². The molecule has 4 nitrogen and oxygen atoms in total. The lowest BCUT2D eigenvalue weighted by Crippen LogP contribution is -2.16. The smallest absolute Gasteiger partial charge is 0.216 e. The van der Waals surface area contributed by atoms with Crippen molar-refractivity contribution in [3.63, 3.8) is 0 Å². The molecule has 0 spiro atoms. The summed E-state index contributed by atoms with van der Waals surface area (Å²) in [5.41, 5.74) is 5.28. The van der Waals surface area contributed by atoms with Gasteiger partial charge in [-0.15, -0.1) is 0 Å². The van der Waals surface area contributed by atoms with Crippen LogP contribution in [0.15, 0.2) is 54.7 Å². The first-order valence-electron chi connectivity index (χ1n) is 7.31. The molecular weight excluding hydrogens is 276 g/mol. The molecule has 0 fully saturated rings. The van der Waals surface area contributed by atoms with Gasteiger partial charge in [0.25, 0.3) is 0 Å². The van der Waals surface area contributed by atoms with Gasteiger partial charge in [0.05, 0.1) is 5.92 Å². The SMILES string of the molecule is Cc1ccc([C@H](C[N+](=O)[O-])c2c(C)cc3ccccn23)cc1. The Morgan fingerprint density at radius 1 is 1.14 bits per heavy atom. The average molecular weight is 294 g/mol. The van der Waals surface area contributed by atoms with E-state index in [0.29, 0.717) is 0 Å². The first-order valence-corrected chi connectivity index (χ1v) is 7.31. The molecule has 0 unspecified atom stereocenters. The molecule has 4 heteroatoms. The Morgan fingerprint density at radius 3 is 2.55 bits per heavy atom. The number of nitro groups is 1. The molecule has 112 valence electrons. The molecule has 3 aromatic rings. The fourth-order valence-corrected chi connectivity index (χ4v) is 3.02. The van der Waals surface area contributed by atoms with Crippen molar-refractivity contribution in [2.24, 2.45) is 0 Å². The molecule has 0 aliphatic heterocycles. The molecule has 0 radical (unpaired) electrons. The largest absolute Gasteiger partial charge is 0.320 e. The third-order valence-corrected chi connectivity index (χ3v) is 4.06. The average Bonchev–Trinajstić information content (AvgIpc) is 2.81. The van der Waals surface area contributed by atoms with Crippen LogP contribution in [0.3, 0.4) is 0 Å². The van der Waals surface area contributed by atoms with E-state index in [4.69, 9.17) is 0 Å². The van der Waals surface area contributed by atoms with Gasteiger partial charge in [0, 0.05) is 22.3 Å². The highest BCUT2D eigenvalue weighted by Crippen LogP contribution is 2.30. The maximum absolute atomic E-state index is 11.2. The summed E-state index contributed by atoms with van der Waals surface area (Å²) in [7, 11) is 0. The molecule has 1 atom stereocenters. The highest BCUT2D eigenvalue weighted by Gasteiger charge is 2.25. The van der Waals surface area contributed by atoms with Gasteiger partial charge in [0.2, 0.25) is 6.54 Å². The fraction of sp³-hybridized carbons (Fsp3) is 0.222. The number of pyridine rings is 1. The molecule has 0 aliphatic carbocycles. The first-order chi connectivity index (χ1) is 10.6. The normalized spacial score (nSPS) is 12.5. The van der Waals surface area contributed by atoms with Crippen molar-refractivity contribution in [1.82, 2.24) is 4.40 Å². The topological polar surface area (TPSA) is 47.5 Å². The summed E-state index contributed by atoms with van der Waals surface area (Å²) in [6, 6.07) is 16.0. The lowest BCUT2D eigenvalue weighted by atomic mass is 9.93. The van der Waals surface area contributed by atoms with Gasteiger partial charge in [-0.25, -0.2) is 0 Å². The van der Waals surface area contributed by atoms with E-state index in [1.165, 1.54) is 0 Å². The van der Waals surface area contributed by atoms with E-state index in [2.05, 4.69) is 10.5 Å². The second-order valence-electron chi connectivity index (χ2n) is 5.69. The van der Waals surface area contributed by atoms with Gasteiger partial charge in [0.15, 0.2) is 0 Å². The predicted molar refractivity (Wildman–Crippen MR) is 87.0 cm³/mol. The van der Waals surface area contributed by atoms with Gasteiger partial charge in [-0.05, 0) is 43.2 Å².